The standard InChI is InChI=1S/C43H43N4O9S.2Na/c1-25-6-8-27(9-7-25)29-17-31-22-44-35-20-40(39(54-4)19-34(35)42(48)46(31)23-29)56-15-5-14-55-38-21-36-33(16-26(38)2)43(49)47-24-30(28-10-12-32(53-3)13-11-28)18-37(47)41(45-36)57(50,51)52;;/h6-13,16,19-24,31,37,41,44-45H,5,14-15,17-18H2,1-4H3,(H,50,51,52);;/q-1;2*+1/p-1/t31-,37-,41?;;/m0../s1. The summed E-state index contributed by atoms with van der Waals surface area (Å²) in [6.07, 6.45) is 4.85. The molecule has 4 aromatic carbocycles. The van der Waals surface area contributed by atoms with Crippen molar-refractivity contribution in [1.29, 1.82) is 0 Å². The van der Waals surface area contributed by atoms with E-state index in [-0.39, 0.29) is 102 Å². The zero-order chi connectivity index (χ0) is 40.0. The second kappa shape index (κ2) is 18.3. The first-order chi connectivity index (χ1) is 27.4. The molecule has 59 heavy (non-hydrogen) atoms. The van der Waals surface area contributed by atoms with Crippen LogP contribution in [0.4, 0.5) is 11.4 Å². The summed E-state index contributed by atoms with van der Waals surface area (Å²) in [7, 11) is -1.82. The Kier molecular flexibility index (Phi) is 13.8. The second-order valence-corrected chi connectivity index (χ2v) is 16.0. The number of hydrogen-bond acceptors (Lipinski definition) is 11. The molecule has 0 bridgehead atoms. The van der Waals surface area contributed by atoms with Gasteiger partial charge in [0.25, 0.3) is 11.8 Å². The molecule has 0 radical (unpaired) electrons. The van der Waals surface area contributed by atoms with E-state index in [1.807, 2.05) is 31.8 Å². The summed E-state index contributed by atoms with van der Waals surface area (Å²) in [5.74, 6) is 1.39. The van der Waals surface area contributed by atoms with E-state index in [1.165, 1.54) is 17.6 Å². The molecule has 16 heteroatoms. The number of fused-ring (bicyclic) bond motifs is 4. The first-order valence-corrected chi connectivity index (χ1v) is 20.1. The van der Waals surface area contributed by atoms with Crippen molar-refractivity contribution in [2.24, 2.45) is 0 Å². The summed E-state index contributed by atoms with van der Waals surface area (Å²) in [6.45, 7) is 6.24. The zero-order valence-corrected chi connectivity index (χ0v) is 38.7. The van der Waals surface area contributed by atoms with Gasteiger partial charge in [-0.15, -0.1) is 0 Å². The SMILES string of the molecule is COc1ccc(C2=CN3C(=O)c4cc(C)c(OCCCOc5cc6c(cc5OC)C(=O)N5C=C(c7ccc(C)cc7)C[C@H]5[CH-]N6)cc4NC(S(=O)(=O)[O-])[C@@H]3C2)cc1.[Na+].[Na+]. The van der Waals surface area contributed by atoms with Gasteiger partial charge in [0.2, 0.25) is 0 Å². The molecule has 4 aliphatic heterocycles. The summed E-state index contributed by atoms with van der Waals surface area (Å²) < 4.78 is 61.0. The van der Waals surface area contributed by atoms with Gasteiger partial charge in [0, 0.05) is 36.6 Å². The largest absolute Gasteiger partial charge is 1.00 e. The summed E-state index contributed by atoms with van der Waals surface area (Å²) in [5, 5.41) is 4.60. The Hall–Kier alpha value is -3.99. The minimum absolute atomic E-state index is 0. The number of nitrogens with zero attached hydrogens (tertiary/aromatic N) is 2. The Morgan fingerprint density at radius 3 is 2.00 bits per heavy atom. The molecule has 0 aromatic heterocycles. The third kappa shape index (κ3) is 9.06. The molecule has 2 amide bonds. The van der Waals surface area contributed by atoms with Crippen molar-refractivity contribution in [2.45, 2.75) is 50.6 Å². The normalized spacial score (nSPS) is 19.1. The van der Waals surface area contributed by atoms with Gasteiger partial charge in [0.15, 0.2) is 11.5 Å². The van der Waals surface area contributed by atoms with Crippen molar-refractivity contribution in [2.75, 3.05) is 38.1 Å². The van der Waals surface area contributed by atoms with E-state index < -0.39 is 27.4 Å². The molecule has 3 atom stereocenters. The number of anilines is 2. The molecule has 0 saturated carbocycles. The number of benzene rings is 4. The fourth-order valence-electron chi connectivity index (χ4n) is 7.72. The molecular weight excluding hydrogens is 795 g/mol. The molecule has 4 aliphatic rings. The Morgan fingerprint density at radius 1 is 0.746 bits per heavy atom. The van der Waals surface area contributed by atoms with E-state index >= 15 is 0 Å². The van der Waals surface area contributed by atoms with Crippen molar-refractivity contribution in [3.05, 3.63) is 125 Å². The number of carbonyl (C=O) groups is 2. The van der Waals surface area contributed by atoms with Crippen LogP contribution in [-0.4, -0.2) is 79.5 Å². The number of nitrogens with one attached hydrogen (secondary N) is 2. The van der Waals surface area contributed by atoms with Gasteiger partial charge in [-0.1, -0.05) is 48.0 Å². The van der Waals surface area contributed by atoms with E-state index in [9.17, 15) is 22.6 Å². The first-order valence-electron chi connectivity index (χ1n) is 18.6. The topological polar surface area (TPSA) is 159 Å². The van der Waals surface area contributed by atoms with E-state index in [2.05, 4.69) is 34.9 Å². The predicted octanol–water partition coefficient (Wildman–Crippen LogP) is 0.572. The van der Waals surface area contributed by atoms with Gasteiger partial charge in [0.05, 0.1) is 50.3 Å². The average Bonchev–Trinajstić information content (AvgIpc) is 3.79. The fraction of sp³-hybridized carbons (Fsp3) is 0.279. The van der Waals surface area contributed by atoms with Crippen LogP contribution in [0.3, 0.4) is 0 Å². The smallest absolute Gasteiger partial charge is 0.746 e. The van der Waals surface area contributed by atoms with Crippen LogP contribution in [0.15, 0.2) is 85.2 Å². The Labute approximate surface area is 388 Å². The van der Waals surface area contributed by atoms with Crippen LogP contribution in [0.5, 0.6) is 23.0 Å². The van der Waals surface area contributed by atoms with Gasteiger partial charge in [-0.2, -0.15) is 0 Å². The van der Waals surface area contributed by atoms with Crippen LogP contribution in [0.1, 0.15) is 62.2 Å². The Balaban J connectivity index is 0.00000293. The van der Waals surface area contributed by atoms with Gasteiger partial charge in [0.1, 0.15) is 27.0 Å². The molecule has 0 fully saturated rings. The monoisotopic (exact) mass is 836 g/mol. The molecule has 4 heterocycles. The molecule has 13 nitrogen and oxygen atoms in total. The molecule has 0 saturated heterocycles. The summed E-state index contributed by atoms with van der Waals surface area (Å²) in [5.41, 5.74) is 7.04. The van der Waals surface area contributed by atoms with E-state index in [4.69, 9.17) is 18.9 Å². The van der Waals surface area contributed by atoms with Gasteiger partial charge >= 0.3 is 59.1 Å². The van der Waals surface area contributed by atoms with E-state index in [0.29, 0.717) is 52.7 Å². The summed E-state index contributed by atoms with van der Waals surface area (Å²) in [4.78, 5) is 30.7. The van der Waals surface area contributed by atoms with Crippen LogP contribution in [0.2, 0.25) is 0 Å². The van der Waals surface area contributed by atoms with Crippen LogP contribution < -0.4 is 88.7 Å². The van der Waals surface area contributed by atoms with Crippen LogP contribution in [0, 0.1) is 20.4 Å². The minimum atomic E-state index is -4.90. The second-order valence-electron chi connectivity index (χ2n) is 14.5. The third-order valence-electron chi connectivity index (χ3n) is 10.8. The molecule has 1 unspecified atom stereocenters. The van der Waals surface area contributed by atoms with E-state index in [0.717, 1.165) is 22.3 Å². The molecule has 296 valence electrons. The Bertz CT molecular complexity index is 2420. The van der Waals surface area contributed by atoms with Crippen LogP contribution >= 0.6 is 0 Å². The third-order valence-corrected chi connectivity index (χ3v) is 11.8. The van der Waals surface area contributed by atoms with Gasteiger partial charge in [-0.25, -0.2) is 15.0 Å². The number of amides is 2. The van der Waals surface area contributed by atoms with E-state index in [1.54, 1.807) is 61.5 Å². The maximum absolute atomic E-state index is 13.9. The Morgan fingerprint density at radius 2 is 1.34 bits per heavy atom. The molecule has 4 aromatic rings. The van der Waals surface area contributed by atoms with Gasteiger partial charge in [-0.05, 0) is 78.8 Å². The number of rotatable bonds is 11. The fourth-order valence-corrected chi connectivity index (χ4v) is 8.60. The zero-order valence-electron chi connectivity index (χ0n) is 33.9. The first kappa shape index (κ1) is 44.6. The van der Waals surface area contributed by atoms with Crippen LogP contribution in [-0.2, 0) is 10.1 Å². The molecule has 2 N–H and O–H groups in total. The summed E-state index contributed by atoms with van der Waals surface area (Å²) in [6, 6.07) is 21.0. The molecule has 8 rings (SSSR count). The number of ether oxygens (including phenoxy) is 4. The number of methoxy groups -OCH3 is 2. The quantitative estimate of drug-likeness (QED) is 0.0943. The average molecular weight is 837 g/mol. The maximum atomic E-state index is 13.9. The predicted molar refractivity (Wildman–Crippen MR) is 214 cm³/mol. The molecule has 0 spiro atoms. The number of aryl methyl sites for hydroxylation is 2. The van der Waals surface area contributed by atoms with Gasteiger partial charge in [-0.3, -0.25) is 9.59 Å². The van der Waals surface area contributed by atoms with Crippen LogP contribution in [0.25, 0.3) is 11.1 Å². The van der Waals surface area contributed by atoms with Crippen molar-refractivity contribution < 1.29 is 101 Å². The van der Waals surface area contributed by atoms with Crippen molar-refractivity contribution >= 4 is 44.5 Å². The molecule has 0 aliphatic carbocycles. The van der Waals surface area contributed by atoms with Gasteiger partial charge < -0.3 is 43.9 Å². The minimum Gasteiger partial charge on any atom is -0.746 e. The molecular formula is C43H42N4Na2O9S. The van der Waals surface area contributed by atoms with Crippen molar-refractivity contribution in [1.82, 2.24) is 9.80 Å². The number of hydrogen-bond donors (Lipinski definition) is 2. The maximum Gasteiger partial charge on any atom is 1.00 e. The summed E-state index contributed by atoms with van der Waals surface area (Å²) >= 11 is 0. The van der Waals surface area contributed by atoms with Crippen molar-refractivity contribution in [3.8, 4) is 23.0 Å². The number of carbonyl (C=O) groups excluding carboxylic acids is 2. The van der Waals surface area contributed by atoms with Crippen molar-refractivity contribution in [3.63, 3.8) is 0 Å².